The summed E-state index contributed by atoms with van der Waals surface area (Å²) in [6.45, 7) is 4.51. The van der Waals surface area contributed by atoms with Crippen molar-refractivity contribution in [2.24, 2.45) is 0 Å². The van der Waals surface area contributed by atoms with Gasteiger partial charge in [-0.15, -0.1) is 11.3 Å². The minimum absolute atomic E-state index is 0.0910. The lowest BCUT2D eigenvalue weighted by molar-refractivity contribution is -0.143. The van der Waals surface area contributed by atoms with Gasteiger partial charge in [0.25, 0.3) is 0 Å². The van der Waals surface area contributed by atoms with E-state index in [1.165, 1.54) is 31.3 Å². The normalized spacial score (nSPS) is 11.2. The number of thiophene rings is 1. The van der Waals surface area contributed by atoms with Gasteiger partial charge in [0, 0.05) is 21.4 Å². The predicted molar refractivity (Wildman–Crippen MR) is 93.6 cm³/mol. The monoisotopic (exact) mass is 312 g/mol. The van der Waals surface area contributed by atoms with Crippen molar-refractivity contribution in [3.63, 3.8) is 0 Å². The SMILES string of the molecule is CCOC(=O)CCCc1sc2ccc3ccccc3c2c1C. The number of aryl methyl sites for hydroxylation is 2. The van der Waals surface area contributed by atoms with Crippen LogP contribution in [0.15, 0.2) is 36.4 Å². The van der Waals surface area contributed by atoms with E-state index in [0.29, 0.717) is 13.0 Å². The van der Waals surface area contributed by atoms with Gasteiger partial charge in [0.1, 0.15) is 0 Å². The molecule has 114 valence electrons. The second-order valence-corrected chi connectivity index (χ2v) is 6.61. The van der Waals surface area contributed by atoms with Gasteiger partial charge in [0.15, 0.2) is 0 Å². The standard InChI is InChI=1S/C19H20O2S/c1-3-21-18(20)10-6-9-16-13(2)19-15-8-5-4-7-14(15)11-12-17(19)22-16/h4-5,7-8,11-12H,3,6,9-10H2,1-2H3. The average Bonchev–Trinajstić information content (AvgIpc) is 2.84. The number of carbonyl (C=O) groups excluding carboxylic acids is 1. The molecule has 1 heterocycles. The van der Waals surface area contributed by atoms with Crippen molar-refractivity contribution in [1.82, 2.24) is 0 Å². The molecular formula is C19H20O2S. The fourth-order valence-corrected chi connectivity index (χ4v) is 4.21. The highest BCUT2D eigenvalue weighted by Gasteiger charge is 2.12. The molecule has 0 unspecified atom stereocenters. The number of esters is 1. The summed E-state index contributed by atoms with van der Waals surface area (Å²) in [5.74, 6) is -0.0910. The fraction of sp³-hybridized carbons (Fsp3) is 0.316. The van der Waals surface area contributed by atoms with Crippen LogP contribution in [-0.2, 0) is 16.0 Å². The van der Waals surface area contributed by atoms with Crippen LogP contribution >= 0.6 is 11.3 Å². The lowest BCUT2D eigenvalue weighted by atomic mass is 10.0. The third kappa shape index (κ3) is 2.86. The smallest absolute Gasteiger partial charge is 0.305 e. The second kappa shape index (κ2) is 6.49. The Labute approximate surface area is 134 Å². The third-order valence-corrected chi connectivity index (χ3v) is 5.32. The van der Waals surface area contributed by atoms with Gasteiger partial charge in [-0.1, -0.05) is 30.3 Å². The Hall–Kier alpha value is -1.87. The van der Waals surface area contributed by atoms with Gasteiger partial charge in [0.05, 0.1) is 6.61 Å². The minimum Gasteiger partial charge on any atom is -0.466 e. The summed E-state index contributed by atoms with van der Waals surface area (Å²) in [4.78, 5) is 12.8. The Morgan fingerprint density at radius 3 is 2.82 bits per heavy atom. The Morgan fingerprint density at radius 1 is 1.18 bits per heavy atom. The molecule has 0 saturated carbocycles. The van der Waals surface area contributed by atoms with E-state index >= 15 is 0 Å². The van der Waals surface area contributed by atoms with E-state index in [1.54, 1.807) is 0 Å². The molecule has 0 spiro atoms. The van der Waals surface area contributed by atoms with E-state index < -0.39 is 0 Å². The van der Waals surface area contributed by atoms with Crippen molar-refractivity contribution in [3.05, 3.63) is 46.8 Å². The van der Waals surface area contributed by atoms with Gasteiger partial charge in [-0.25, -0.2) is 0 Å². The summed E-state index contributed by atoms with van der Waals surface area (Å²) in [5.41, 5.74) is 1.36. The predicted octanol–water partition coefficient (Wildman–Crippen LogP) is 5.25. The number of carbonyl (C=O) groups is 1. The van der Waals surface area contributed by atoms with Crippen molar-refractivity contribution >= 4 is 38.2 Å². The molecule has 0 aliphatic heterocycles. The quantitative estimate of drug-likeness (QED) is 0.602. The Bertz CT molecular complexity index is 817. The first-order valence-electron chi connectivity index (χ1n) is 7.76. The molecule has 3 rings (SSSR count). The van der Waals surface area contributed by atoms with Gasteiger partial charge in [-0.3, -0.25) is 4.79 Å². The molecule has 0 radical (unpaired) electrons. The zero-order chi connectivity index (χ0) is 15.5. The van der Waals surface area contributed by atoms with Crippen LogP contribution in [-0.4, -0.2) is 12.6 Å². The van der Waals surface area contributed by atoms with Crippen molar-refractivity contribution < 1.29 is 9.53 Å². The maximum atomic E-state index is 11.4. The maximum absolute atomic E-state index is 11.4. The zero-order valence-corrected chi connectivity index (χ0v) is 13.8. The molecule has 1 aromatic heterocycles. The van der Waals surface area contributed by atoms with E-state index in [4.69, 9.17) is 4.74 Å². The lowest BCUT2D eigenvalue weighted by Crippen LogP contribution is -2.03. The van der Waals surface area contributed by atoms with E-state index in [-0.39, 0.29) is 5.97 Å². The van der Waals surface area contributed by atoms with Crippen molar-refractivity contribution in [1.29, 1.82) is 0 Å². The summed E-state index contributed by atoms with van der Waals surface area (Å²) in [5, 5.41) is 3.98. The van der Waals surface area contributed by atoms with Crippen LogP contribution in [0.5, 0.6) is 0 Å². The highest BCUT2D eigenvalue weighted by molar-refractivity contribution is 7.19. The molecule has 0 aliphatic carbocycles. The summed E-state index contributed by atoms with van der Waals surface area (Å²) in [6.07, 6.45) is 2.30. The first-order chi connectivity index (χ1) is 10.7. The minimum atomic E-state index is -0.0910. The molecule has 0 N–H and O–H groups in total. The molecule has 0 fully saturated rings. The van der Waals surface area contributed by atoms with Crippen molar-refractivity contribution in [2.75, 3.05) is 6.61 Å². The Kier molecular flexibility index (Phi) is 4.44. The van der Waals surface area contributed by atoms with E-state index in [9.17, 15) is 4.79 Å². The molecule has 0 atom stereocenters. The first-order valence-corrected chi connectivity index (χ1v) is 8.57. The number of rotatable bonds is 5. The molecule has 22 heavy (non-hydrogen) atoms. The highest BCUT2D eigenvalue weighted by atomic mass is 32.1. The van der Waals surface area contributed by atoms with Crippen LogP contribution in [0.3, 0.4) is 0 Å². The zero-order valence-electron chi connectivity index (χ0n) is 13.0. The van der Waals surface area contributed by atoms with Gasteiger partial charge in [0.2, 0.25) is 0 Å². The molecule has 0 saturated heterocycles. The molecule has 2 aromatic carbocycles. The number of benzene rings is 2. The number of hydrogen-bond acceptors (Lipinski definition) is 3. The third-order valence-electron chi connectivity index (χ3n) is 4.01. The van der Waals surface area contributed by atoms with Gasteiger partial charge in [-0.2, -0.15) is 0 Å². The Morgan fingerprint density at radius 2 is 2.00 bits per heavy atom. The van der Waals surface area contributed by atoms with Crippen LogP contribution < -0.4 is 0 Å². The average molecular weight is 312 g/mol. The first kappa shape index (κ1) is 15.0. The topological polar surface area (TPSA) is 26.3 Å². The van der Waals surface area contributed by atoms with Crippen LogP contribution in [0, 0.1) is 6.92 Å². The Balaban J connectivity index is 1.87. The summed E-state index contributed by atoms with van der Waals surface area (Å²) in [7, 11) is 0. The molecule has 3 heteroatoms. The number of hydrogen-bond donors (Lipinski definition) is 0. The summed E-state index contributed by atoms with van der Waals surface area (Å²) < 4.78 is 6.33. The van der Waals surface area contributed by atoms with Gasteiger partial charge in [-0.05, 0) is 49.1 Å². The van der Waals surface area contributed by atoms with Crippen molar-refractivity contribution in [2.45, 2.75) is 33.1 Å². The lowest BCUT2D eigenvalue weighted by Gasteiger charge is -2.02. The van der Waals surface area contributed by atoms with E-state index in [2.05, 4.69) is 43.3 Å². The molecule has 0 amide bonds. The van der Waals surface area contributed by atoms with Gasteiger partial charge >= 0.3 is 5.97 Å². The van der Waals surface area contributed by atoms with Crippen LogP contribution in [0.4, 0.5) is 0 Å². The fourth-order valence-electron chi connectivity index (χ4n) is 2.94. The molecule has 3 aromatic rings. The van der Waals surface area contributed by atoms with Crippen LogP contribution in [0.1, 0.15) is 30.2 Å². The van der Waals surface area contributed by atoms with Gasteiger partial charge < -0.3 is 4.74 Å². The summed E-state index contributed by atoms with van der Waals surface area (Å²) >= 11 is 1.85. The number of ether oxygens (including phenoxy) is 1. The molecule has 0 aliphatic rings. The number of fused-ring (bicyclic) bond motifs is 3. The van der Waals surface area contributed by atoms with Crippen LogP contribution in [0.2, 0.25) is 0 Å². The molecular weight excluding hydrogens is 292 g/mol. The van der Waals surface area contributed by atoms with Crippen molar-refractivity contribution in [3.8, 4) is 0 Å². The van der Waals surface area contributed by atoms with E-state index in [0.717, 1.165) is 12.8 Å². The maximum Gasteiger partial charge on any atom is 0.305 e. The largest absolute Gasteiger partial charge is 0.466 e. The summed E-state index contributed by atoms with van der Waals surface area (Å²) in [6, 6.07) is 12.9. The van der Waals surface area contributed by atoms with Crippen LogP contribution in [0.25, 0.3) is 20.9 Å². The molecule has 0 bridgehead atoms. The molecule has 2 nitrogen and oxygen atoms in total. The second-order valence-electron chi connectivity index (χ2n) is 5.47. The van der Waals surface area contributed by atoms with E-state index in [1.807, 2.05) is 18.3 Å². The highest BCUT2D eigenvalue weighted by Crippen LogP contribution is 2.36.